The minimum absolute atomic E-state index is 0.262. The number of thiazole rings is 1. The van der Waals surface area contributed by atoms with Gasteiger partial charge in [0, 0.05) is 17.8 Å². The number of nitrogens with zero attached hydrogens (tertiary/aromatic N) is 2. The third-order valence-electron chi connectivity index (χ3n) is 4.52. The fraction of sp³-hybridized carbons (Fsp3) is 0.500. The number of rotatable bonds is 8. The minimum atomic E-state index is 0.262. The summed E-state index contributed by atoms with van der Waals surface area (Å²) in [6.45, 7) is 8.18. The Morgan fingerprint density at radius 2 is 2.12 bits per heavy atom. The van der Waals surface area contributed by atoms with E-state index in [-0.39, 0.29) is 5.92 Å². The molecule has 4 nitrogen and oxygen atoms in total. The van der Waals surface area contributed by atoms with Gasteiger partial charge in [-0.25, -0.2) is 4.98 Å². The lowest BCUT2D eigenvalue weighted by atomic mass is 10.1. The van der Waals surface area contributed by atoms with Crippen molar-refractivity contribution in [1.29, 1.82) is 0 Å². The van der Waals surface area contributed by atoms with E-state index < -0.39 is 0 Å². The maximum Gasteiger partial charge on any atom is 0.226 e. The summed E-state index contributed by atoms with van der Waals surface area (Å²) in [6.07, 6.45) is 3.07. The molecule has 0 bridgehead atoms. The van der Waals surface area contributed by atoms with Crippen LogP contribution in [0, 0.1) is 19.8 Å². The summed E-state index contributed by atoms with van der Waals surface area (Å²) in [7, 11) is 0. The zero-order valence-corrected chi connectivity index (χ0v) is 16.1. The lowest BCUT2D eigenvalue weighted by molar-refractivity contribution is -0.133. The van der Waals surface area contributed by atoms with Crippen LogP contribution < -0.4 is 4.74 Å². The SMILES string of the molecule is CCCN(Cc1csc(COc2ccc(C)c(C)c2)n1)C(=O)C1CC1. The van der Waals surface area contributed by atoms with Gasteiger partial charge in [-0.2, -0.15) is 0 Å². The van der Waals surface area contributed by atoms with Gasteiger partial charge in [-0.15, -0.1) is 11.3 Å². The molecule has 1 aliphatic carbocycles. The van der Waals surface area contributed by atoms with Gasteiger partial charge in [0.2, 0.25) is 5.91 Å². The summed E-state index contributed by atoms with van der Waals surface area (Å²) >= 11 is 1.60. The van der Waals surface area contributed by atoms with E-state index >= 15 is 0 Å². The Morgan fingerprint density at radius 3 is 2.80 bits per heavy atom. The third kappa shape index (κ3) is 4.82. The van der Waals surface area contributed by atoms with Crippen LogP contribution in [0.3, 0.4) is 0 Å². The summed E-state index contributed by atoms with van der Waals surface area (Å²) in [5.41, 5.74) is 3.46. The average molecular weight is 359 g/mol. The number of carbonyl (C=O) groups is 1. The molecule has 0 saturated heterocycles. The zero-order valence-electron chi connectivity index (χ0n) is 15.2. The first-order valence-corrected chi connectivity index (χ1v) is 9.87. The molecule has 25 heavy (non-hydrogen) atoms. The van der Waals surface area contributed by atoms with Crippen LogP contribution in [0.1, 0.15) is 48.0 Å². The van der Waals surface area contributed by atoms with Gasteiger partial charge in [-0.05, 0) is 56.4 Å². The third-order valence-corrected chi connectivity index (χ3v) is 5.40. The van der Waals surface area contributed by atoms with Crippen molar-refractivity contribution in [2.75, 3.05) is 6.54 Å². The first-order chi connectivity index (χ1) is 12.1. The van der Waals surface area contributed by atoms with Crippen molar-refractivity contribution in [2.45, 2.75) is 53.2 Å². The van der Waals surface area contributed by atoms with Gasteiger partial charge in [-0.1, -0.05) is 13.0 Å². The summed E-state index contributed by atoms with van der Waals surface area (Å²) < 4.78 is 5.86. The van der Waals surface area contributed by atoms with Gasteiger partial charge >= 0.3 is 0 Å². The van der Waals surface area contributed by atoms with Crippen molar-refractivity contribution in [2.24, 2.45) is 5.92 Å². The van der Waals surface area contributed by atoms with Crippen LogP contribution >= 0.6 is 11.3 Å². The van der Waals surface area contributed by atoms with E-state index in [1.165, 1.54) is 11.1 Å². The second kappa shape index (κ2) is 8.00. The fourth-order valence-electron chi connectivity index (χ4n) is 2.76. The second-order valence-corrected chi connectivity index (χ2v) is 7.74. The van der Waals surface area contributed by atoms with Crippen molar-refractivity contribution in [3.63, 3.8) is 0 Å². The molecule has 1 saturated carbocycles. The molecule has 0 atom stereocenters. The summed E-state index contributed by atoms with van der Waals surface area (Å²) in [5.74, 6) is 1.43. The summed E-state index contributed by atoms with van der Waals surface area (Å²) in [6, 6.07) is 6.12. The molecule has 3 rings (SSSR count). The van der Waals surface area contributed by atoms with Crippen LogP contribution in [-0.2, 0) is 17.9 Å². The van der Waals surface area contributed by atoms with Crippen LogP contribution in [-0.4, -0.2) is 22.3 Å². The number of aromatic nitrogens is 1. The minimum Gasteiger partial charge on any atom is -0.486 e. The summed E-state index contributed by atoms with van der Waals surface area (Å²) in [5, 5.41) is 2.99. The number of aryl methyl sites for hydroxylation is 2. The van der Waals surface area contributed by atoms with Crippen LogP contribution in [0.15, 0.2) is 23.6 Å². The molecular weight excluding hydrogens is 332 g/mol. The fourth-order valence-corrected chi connectivity index (χ4v) is 3.45. The molecule has 134 valence electrons. The average Bonchev–Trinajstić information content (AvgIpc) is 3.35. The normalized spacial score (nSPS) is 13.7. The van der Waals surface area contributed by atoms with Gasteiger partial charge in [0.05, 0.1) is 12.2 Å². The molecule has 0 spiro atoms. The molecular formula is C20H26N2O2S. The Balaban J connectivity index is 1.57. The van der Waals surface area contributed by atoms with E-state index in [1.807, 2.05) is 16.3 Å². The highest BCUT2D eigenvalue weighted by atomic mass is 32.1. The Morgan fingerprint density at radius 1 is 1.32 bits per heavy atom. The van der Waals surface area contributed by atoms with Gasteiger partial charge in [0.15, 0.2) is 0 Å². The maximum atomic E-state index is 12.4. The Kier molecular flexibility index (Phi) is 5.74. The largest absolute Gasteiger partial charge is 0.486 e. The molecule has 0 N–H and O–H groups in total. The number of hydrogen-bond donors (Lipinski definition) is 0. The quantitative estimate of drug-likeness (QED) is 0.698. The van der Waals surface area contributed by atoms with Gasteiger partial charge in [0.25, 0.3) is 0 Å². The predicted octanol–water partition coefficient (Wildman–Crippen LogP) is 4.49. The molecule has 1 aromatic heterocycles. The van der Waals surface area contributed by atoms with Crippen molar-refractivity contribution in [1.82, 2.24) is 9.88 Å². The first-order valence-electron chi connectivity index (χ1n) is 8.99. The number of carbonyl (C=O) groups excluding carboxylic acids is 1. The molecule has 5 heteroatoms. The number of amides is 1. The highest BCUT2D eigenvalue weighted by molar-refractivity contribution is 7.09. The smallest absolute Gasteiger partial charge is 0.226 e. The van der Waals surface area contributed by atoms with Crippen molar-refractivity contribution >= 4 is 17.2 Å². The monoisotopic (exact) mass is 358 g/mol. The topological polar surface area (TPSA) is 42.4 Å². The lowest BCUT2D eigenvalue weighted by Crippen LogP contribution is -2.32. The van der Waals surface area contributed by atoms with Crippen molar-refractivity contribution < 1.29 is 9.53 Å². The molecule has 1 amide bonds. The number of ether oxygens (including phenoxy) is 1. The number of benzene rings is 1. The number of hydrogen-bond acceptors (Lipinski definition) is 4. The van der Waals surface area contributed by atoms with E-state index in [4.69, 9.17) is 4.74 Å². The van der Waals surface area contributed by atoms with Crippen molar-refractivity contribution in [3.05, 3.63) is 45.4 Å². The van der Waals surface area contributed by atoms with Gasteiger partial charge < -0.3 is 9.64 Å². The van der Waals surface area contributed by atoms with Crippen LogP contribution in [0.4, 0.5) is 0 Å². The van der Waals surface area contributed by atoms with Crippen LogP contribution in [0.2, 0.25) is 0 Å². The van der Waals surface area contributed by atoms with Crippen molar-refractivity contribution in [3.8, 4) is 5.75 Å². The van der Waals surface area contributed by atoms with E-state index in [2.05, 4.69) is 37.9 Å². The first kappa shape index (κ1) is 17.9. The highest BCUT2D eigenvalue weighted by Gasteiger charge is 2.33. The molecule has 1 fully saturated rings. The molecule has 1 heterocycles. The van der Waals surface area contributed by atoms with E-state index in [1.54, 1.807) is 11.3 Å². The molecule has 0 unspecified atom stereocenters. The predicted molar refractivity (Wildman–Crippen MR) is 101 cm³/mol. The van der Waals surface area contributed by atoms with Gasteiger partial charge in [-0.3, -0.25) is 4.79 Å². The van der Waals surface area contributed by atoms with Crippen LogP contribution in [0.25, 0.3) is 0 Å². The molecule has 0 radical (unpaired) electrons. The lowest BCUT2D eigenvalue weighted by Gasteiger charge is -2.21. The Hall–Kier alpha value is -1.88. The second-order valence-electron chi connectivity index (χ2n) is 6.80. The van der Waals surface area contributed by atoms with Crippen LogP contribution in [0.5, 0.6) is 5.75 Å². The Bertz CT molecular complexity index is 737. The summed E-state index contributed by atoms with van der Waals surface area (Å²) in [4.78, 5) is 19.0. The Labute approximate surface area is 153 Å². The van der Waals surface area contributed by atoms with E-state index in [9.17, 15) is 4.79 Å². The molecule has 2 aromatic rings. The van der Waals surface area contributed by atoms with E-state index in [0.29, 0.717) is 19.1 Å². The van der Waals surface area contributed by atoms with E-state index in [0.717, 1.165) is 42.3 Å². The highest BCUT2D eigenvalue weighted by Crippen LogP contribution is 2.31. The standard InChI is InChI=1S/C20H26N2O2S/c1-4-9-22(20(23)16-6-7-16)11-17-13-25-19(21-17)12-24-18-8-5-14(2)15(3)10-18/h5,8,10,13,16H,4,6-7,9,11-12H2,1-3H3. The molecule has 1 aliphatic rings. The maximum absolute atomic E-state index is 12.4. The zero-order chi connectivity index (χ0) is 17.8. The van der Waals surface area contributed by atoms with Gasteiger partial charge in [0.1, 0.15) is 17.4 Å². The molecule has 0 aliphatic heterocycles. The molecule has 1 aromatic carbocycles.